The molecule has 100 valence electrons. The quantitative estimate of drug-likeness (QED) is 0.673. The molecule has 0 amide bonds. The molecule has 2 aromatic carbocycles. The molecule has 3 rings (SSSR count). The number of imidazole rings is 1. The zero-order chi connectivity index (χ0) is 14.3. The Morgan fingerprint density at radius 2 is 1.90 bits per heavy atom. The number of rotatable bonds is 2. The minimum Gasteiger partial charge on any atom is -0.478 e. The lowest BCUT2D eigenvalue weighted by molar-refractivity contribution is 0.0697. The molecule has 0 spiro atoms. The van der Waals surface area contributed by atoms with Crippen molar-refractivity contribution in [1.82, 2.24) is 9.97 Å². The van der Waals surface area contributed by atoms with Crippen LogP contribution in [0.1, 0.15) is 10.4 Å². The van der Waals surface area contributed by atoms with E-state index in [1.54, 1.807) is 12.1 Å². The summed E-state index contributed by atoms with van der Waals surface area (Å²) in [6.45, 7) is 0. The highest BCUT2D eigenvalue weighted by atomic mass is 79.9. The summed E-state index contributed by atoms with van der Waals surface area (Å²) in [6, 6.07) is 10.8. The van der Waals surface area contributed by atoms with Gasteiger partial charge in [0.2, 0.25) is 0 Å². The molecule has 20 heavy (non-hydrogen) atoms. The fourth-order valence-corrected chi connectivity index (χ4v) is 3.00. The standard InChI is InChI=1S/C14H8Br2N2O2/c15-9-4-2-1-3-8(9)13-17-11-6-7(14(19)20)5-10(16)12(11)18-13/h1-6H,(H,17,18)(H,19,20). The molecule has 0 aliphatic heterocycles. The molecule has 0 atom stereocenters. The molecule has 4 nitrogen and oxygen atoms in total. The average Bonchev–Trinajstić information content (AvgIpc) is 2.83. The van der Waals surface area contributed by atoms with E-state index in [1.165, 1.54) is 0 Å². The topological polar surface area (TPSA) is 66.0 Å². The summed E-state index contributed by atoms with van der Waals surface area (Å²) in [7, 11) is 0. The van der Waals surface area contributed by atoms with Crippen molar-refractivity contribution >= 4 is 48.9 Å². The smallest absolute Gasteiger partial charge is 0.335 e. The Hall–Kier alpha value is -1.66. The molecule has 3 aromatic rings. The molecule has 0 aliphatic rings. The van der Waals surface area contributed by atoms with E-state index in [4.69, 9.17) is 5.11 Å². The zero-order valence-electron chi connectivity index (χ0n) is 10.0. The first kappa shape index (κ1) is 13.3. The van der Waals surface area contributed by atoms with Crippen molar-refractivity contribution in [2.75, 3.05) is 0 Å². The Labute approximate surface area is 131 Å². The second-order valence-electron chi connectivity index (χ2n) is 4.22. The first-order valence-corrected chi connectivity index (χ1v) is 7.32. The number of nitrogens with zero attached hydrogens (tertiary/aromatic N) is 1. The molecule has 0 saturated carbocycles. The van der Waals surface area contributed by atoms with Crippen molar-refractivity contribution in [3.05, 3.63) is 50.9 Å². The molecule has 1 aromatic heterocycles. The number of carboxylic acids is 1. The van der Waals surface area contributed by atoms with Crippen molar-refractivity contribution in [3.8, 4) is 11.4 Å². The summed E-state index contributed by atoms with van der Waals surface area (Å²) in [5.41, 5.74) is 2.53. The van der Waals surface area contributed by atoms with Gasteiger partial charge in [0.05, 0.1) is 11.1 Å². The molecule has 0 unspecified atom stereocenters. The number of hydrogen-bond acceptors (Lipinski definition) is 2. The van der Waals surface area contributed by atoms with Crippen molar-refractivity contribution in [3.63, 3.8) is 0 Å². The number of carbonyl (C=O) groups is 1. The third-order valence-electron chi connectivity index (χ3n) is 2.92. The maximum absolute atomic E-state index is 11.1. The Bertz CT molecular complexity index is 827. The number of nitrogens with one attached hydrogen (secondary N) is 1. The van der Waals surface area contributed by atoms with Gasteiger partial charge in [-0.1, -0.05) is 34.1 Å². The largest absolute Gasteiger partial charge is 0.478 e. The van der Waals surface area contributed by atoms with Crippen LogP contribution in [0.3, 0.4) is 0 Å². The van der Waals surface area contributed by atoms with Crippen LogP contribution in [0.25, 0.3) is 22.4 Å². The van der Waals surface area contributed by atoms with Crippen molar-refractivity contribution in [1.29, 1.82) is 0 Å². The zero-order valence-corrected chi connectivity index (χ0v) is 13.2. The van der Waals surface area contributed by atoms with Crippen LogP contribution < -0.4 is 0 Å². The van der Waals surface area contributed by atoms with E-state index in [0.717, 1.165) is 10.0 Å². The van der Waals surface area contributed by atoms with Crippen LogP contribution in [0.15, 0.2) is 45.3 Å². The predicted octanol–water partition coefficient (Wildman–Crippen LogP) is 4.45. The lowest BCUT2D eigenvalue weighted by Gasteiger charge is -1.98. The predicted molar refractivity (Wildman–Crippen MR) is 83.9 cm³/mol. The highest BCUT2D eigenvalue weighted by molar-refractivity contribution is 9.11. The summed E-state index contributed by atoms with van der Waals surface area (Å²) in [4.78, 5) is 18.7. The number of halogens is 2. The maximum atomic E-state index is 11.1. The lowest BCUT2D eigenvalue weighted by Crippen LogP contribution is -1.95. The number of fused-ring (bicyclic) bond motifs is 1. The van der Waals surface area contributed by atoms with Crippen molar-refractivity contribution in [2.24, 2.45) is 0 Å². The molecule has 0 bridgehead atoms. The normalized spacial score (nSPS) is 10.9. The van der Waals surface area contributed by atoms with Gasteiger partial charge in [-0.3, -0.25) is 0 Å². The fourth-order valence-electron chi connectivity index (χ4n) is 1.98. The average molecular weight is 396 g/mol. The van der Waals surface area contributed by atoms with Crippen LogP contribution in [0, 0.1) is 0 Å². The molecule has 2 N–H and O–H groups in total. The van der Waals surface area contributed by atoms with Gasteiger partial charge < -0.3 is 10.1 Å². The Morgan fingerprint density at radius 1 is 1.15 bits per heavy atom. The molecule has 1 heterocycles. The highest BCUT2D eigenvalue weighted by Gasteiger charge is 2.13. The van der Waals surface area contributed by atoms with Gasteiger partial charge in [-0.15, -0.1) is 0 Å². The van der Waals surface area contributed by atoms with E-state index in [1.807, 2.05) is 24.3 Å². The summed E-state index contributed by atoms with van der Waals surface area (Å²) < 4.78 is 1.58. The van der Waals surface area contributed by atoms with Gasteiger partial charge in [-0.05, 0) is 34.1 Å². The number of carboxylic acid groups (broad SMARTS) is 1. The van der Waals surface area contributed by atoms with Gasteiger partial charge in [-0.2, -0.15) is 0 Å². The molecule has 0 aliphatic carbocycles. The van der Waals surface area contributed by atoms with Crippen LogP contribution in [0.2, 0.25) is 0 Å². The monoisotopic (exact) mass is 394 g/mol. The minimum atomic E-state index is -0.968. The third-order valence-corrected chi connectivity index (χ3v) is 4.21. The van der Waals surface area contributed by atoms with E-state index in [0.29, 0.717) is 21.3 Å². The van der Waals surface area contributed by atoms with E-state index >= 15 is 0 Å². The fraction of sp³-hybridized carbons (Fsp3) is 0. The SMILES string of the molecule is O=C(O)c1cc(Br)c2nc(-c3ccccc3Br)[nH]c2c1. The van der Waals surface area contributed by atoms with Crippen molar-refractivity contribution in [2.45, 2.75) is 0 Å². The number of hydrogen-bond donors (Lipinski definition) is 2. The second-order valence-corrected chi connectivity index (χ2v) is 5.93. The molecule has 0 saturated heterocycles. The summed E-state index contributed by atoms with van der Waals surface area (Å²) in [6.07, 6.45) is 0. The van der Waals surface area contributed by atoms with Gasteiger partial charge >= 0.3 is 5.97 Å². The molecule has 6 heteroatoms. The number of H-pyrrole nitrogens is 1. The Balaban J connectivity index is 2.23. The number of aromatic amines is 1. The second kappa shape index (κ2) is 5.03. The Morgan fingerprint density at radius 3 is 2.60 bits per heavy atom. The van der Waals surface area contributed by atoms with E-state index in [2.05, 4.69) is 41.8 Å². The van der Waals surface area contributed by atoms with Crippen LogP contribution >= 0.6 is 31.9 Å². The van der Waals surface area contributed by atoms with E-state index in [-0.39, 0.29) is 5.56 Å². The Kier molecular flexibility index (Phi) is 3.35. The summed E-state index contributed by atoms with van der Waals surface area (Å²) in [5, 5.41) is 9.07. The van der Waals surface area contributed by atoms with Gasteiger partial charge in [0, 0.05) is 14.5 Å². The van der Waals surface area contributed by atoms with Gasteiger partial charge in [0.25, 0.3) is 0 Å². The molecule has 0 fully saturated rings. The van der Waals surface area contributed by atoms with E-state index < -0.39 is 5.97 Å². The summed E-state index contributed by atoms with van der Waals surface area (Å²) >= 11 is 6.84. The maximum Gasteiger partial charge on any atom is 0.335 e. The lowest BCUT2D eigenvalue weighted by atomic mass is 10.2. The van der Waals surface area contributed by atoms with Crippen LogP contribution in [-0.4, -0.2) is 21.0 Å². The van der Waals surface area contributed by atoms with Crippen molar-refractivity contribution < 1.29 is 9.90 Å². The summed E-state index contributed by atoms with van der Waals surface area (Å²) in [5.74, 6) is -0.277. The van der Waals surface area contributed by atoms with Crippen LogP contribution in [0.5, 0.6) is 0 Å². The number of aromatic carboxylic acids is 1. The highest BCUT2D eigenvalue weighted by Crippen LogP contribution is 2.30. The molecular formula is C14H8Br2N2O2. The third kappa shape index (κ3) is 2.25. The number of aromatic nitrogens is 2. The van der Waals surface area contributed by atoms with Gasteiger partial charge in [0.15, 0.2) is 0 Å². The van der Waals surface area contributed by atoms with Gasteiger partial charge in [0.1, 0.15) is 11.3 Å². The first-order valence-electron chi connectivity index (χ1n) is 5.73. The van der Waals surface area contributed by atoms with Crippen LogP contribution in [0.4, 0.5) is 0 Å². The first-order chi connectivity index (χ1) is 9.56. The minimum absolute atomic E-state index is 0.215. The van der Waals surface area contributed by atoms with Gasteiger partial charge in [-0.25, -0.2) is 9.78 Å². The van der Waals surface area contributed by atoms with E-state index in [9.17, 15) is 4.79 Å². The molecule has 0 radical (unpaired) electrons. The number of benzene rings is 2. The van der Waals surface area contributed by atoms with Crippen LogP contribution in [-0.2, 0) is 0 Å². The molecular weight excluding hydrogens is 388 g/mol.